The number of hydrogen-bond donors (Lipinski definition) is 1. The van der Waals surface area contributed by atoms with E-state index in [9.17, 15) is 23.1 Å². The van der Waals surface area contributed by atoms with E-state index in [1.54, 1.807) is 26.8 Å². The lowest BCUT2D eigenvalue weighted by atomic mass is 10.0. The number of halogens is 4. The molecule has 0 aliphatic rings. The van der Waals surface area contributed by atoms with Crippen LogP contribution in [-0.4, -0.2) is 31.7 Å². The number of alkyl halides is 2. The first kappa shape index (κ1) is 26.1. The molecule has 174 valence electrons. The van der Waals surface area contributed by atoms with Crippen molar-refractivity contribution in [2.24, 2.45) is 4.40 Å². The molecule has 1 aromatic carbocycles. The lowest BCUT2D eigenvalue weighted by molar-refractivity contribution is -0.384. The van der Waals surface area contributed by atoms with Gasteiger partial charge in [-0.1, -0.05) is 33.6 Å². The first-order chi connectivity index (χ1) is 14.9. The van der Waals surface area contributed by atoms with Gasteiger partial charge in [0.15, 0.2) is 0 Å². The van der Waals surface area contributed by atoms with Gasteiger partial charge in [-0.2, -0.15) is 13.2 Å². The van der Waals surface area contributed by atoms with Crippen LogP contribution in [0.2, 0.25) is 5.15 Å². The van der Waals surface area contributed by atoms with Gasteiger partial charge in [-0.05, 0) is 32.9 Å². The predicted octanol–water partition coefficient (Wildman–Crippen LogP) is 6.08. The predicted molar refractivity (Wildman–Crippen MR) is 124 cm³/mol. The van der Waals surface area contributed by atoms with Gasteiger partial charge in [0.1, 0.15) is 33.8 Å². The van der Waals surface area contributed by atoms with Crippen molar-refractivity contribution in [1.82, 2.24) is 4.98 Å². The Balaban J connectivity index is 2.53. The Bertz CT molecular complexity index is 1040. The largest absolute Gasteiger partial charge is 0.434 e. The van der Waals surface area contributed by atoms with Crippen molar-refractivity contribution in [2.45, 2.75) is 44.6 Å². The van der Waals surface area contributed by atoms with Crippen LogP contribution in [0.15, 0.2) is 39.3 Å². The molecule has 2 aromatic rings. The smallest absolute Gasteiger partial charge is 0.387 e. The average molecular weight is 554 g/mol. The van der Waals surface area contributed by atoms with E-state index in [1.807, 2.05) is 0 Å². The number of nitrogens with zero attached hydrogens (tertiary/aromatic N) is 3. The summed E-state index contributed by atoms with van der Waals surface area (Å²) >= 11 is 9.23. The van der Waals surface area contributed by atoms with Gasteiger partial charge in [-0.25, -0.2) is 9.19 Å². The molecule has 0 bridgehead atoms. The zero-order valence-electron chi connectivity index (χ0n) is 17.2. The summed E-state index contributed by atoms with van der Waals surface area (Å²) in [6.45, 7) is 2.17. The fourth-order valence-corrected chi connectivity index (χ4v) is 3.87. The second-order valence-corrected chi connectivity index (χ2v) is 10.6. The molecular weight excluding hydrogens is 534 g/mol. The van der Waals surface area contributed by atoms with Crippen molar-refractivity contribution in [1.29, 1.82) is 0 Å². The second kappa shape index (κ2) is 11.1. The van der Waals surface area contributed by atoms with Crippen LogP contribution in [-0.2, 0) is 11.0 Å². The second-order valence-electron chi connectivity index (χ2n) is 7.39. The van der Waals surface area contributed by atoms with Crippen molar-refractivity contribution in [3.05, 3.63) is 55.8 Å². The Morgan fingerprint density at radius 1 is 1.44 bits per heavy atom. The molecule has 0 aliphatic carbocycles. The van der Waals surface area contributed by atoms with Gasteiger partial charge in [0.25, 0.3) is 0 Å². The van der Waals surface area contributed by atoms with Gasteiger partial charge >= 0.3 is 12.3 Å². The van der Waals surface area contributed by atoms with Gasteiger partial charge < -0.3 is 10.1 Å². The monoisotopic (exact) mass is 552 g/mol. The SMILES string of the molecule is CC(C)(C)S(=O)N=CC[C@@H](Nc1cc(Cl)ncc1[N+](=O)[O-])c1c(Br)cccc1OC(F)F. The van der Waals surface area contributed by atoms with Crippen molar-refractivity contribution in [3.63, 3.8) is 0 Å². The summed E-state index contributed by atoms with van der Waals surface area (Å²) in [5.74, 6) is -0.139. The highest BCUT2D eigenvalue weighted by atomic mass is 79.9. The minimum atomic E-state index is -3.09. The van der Waals surface area contributed by atoms with E-state index in [0.717, 1.165) is 6.20 Å². The lowest BCUT2D eigenvalue weighted by Gasteiger charge is -2.23. The normalized spacial score (nSPS) is 13.9. The van der Waals surface area contributed by atoms with Crippen LogP contribution in [0.25, 0.3) is 0 Å². The van der Waals surface area contributed by atoms with Gasteiger partial charge in [0, 0.05) is 28.7 Å². The molecule has 2 rings (SSSR count). The van der Waals surface area contributed by atoms with Crippen LogP contribution in [0, 0.1) is 10.1 Å². The number of aromatic nitrogens is 1. The van der Waals surface area contributed by atoms with Crippen molar-refractivity contribution in [2.75, 3.05) is 5.32 Å². The van der Waals surface area contributed by atoms with Gasteiger partial charge in [0.2, 0.25) is 0 Å². The molecule has 2 atom stereocenters. The van der Waals surface area contributed by atoms with E-state index < -0.39 is 33.3 Å². The lowest BCUT2D eigenvalue weighted by Crippen LogP contribution is -2.20. The van der Waals surface area contributed by atoms with Gasteiger partial charge in [0.05, 0.1) is 15.7 Å². The quantitative estimate of drug-likeness (QED) is 0.174. The molecule has 1 aromatic heterocycles. The third-order valence-corrected chi connectivity index (χ3v) is 6.28. The number of nitrogens with one attached hydrogen (secondary N) is 1. The molecule has 0 spiro atoms. The number of pyridine rings is 1. The third-order valence-electron chi connectivity index (χ3n) is 3.99. The maximum absolute atomic E-state index is 13.0. The third kappa shape index (κ3) is 7.17. The van der Waals surface area contributed by atoms with Crippen molar-refractivity contribution >= 4 is 56.1 Å². The van der Waals surface area contributed by atoms with E-state index in [4.69, 9.17) is 11.6 Å². The summed E-state index contributed by atoms with van der Waals surface area (Å²) < 4.78 is 46.7. The van der Waals surface area contributed by atoms with Crippen LogP contribution >= 0.6 is 27.5 Å². The molecule has 0 amide bonds. The molecule has 8 nitrogen and oxygen atoms in total. The molecule has 1 heterocycles. The number of hydrogen-bond acceptors (Lipinski definition) is 6. The summed E-state index contributed by atoms with van der Waals surface area (Å²) in [6, 6.07) is 4.88. The highest BCUT2D eigenvalue weighted by molar-refractivity contribution is 9.10. The van der Waals surface area contributed by atoms with E-state index in [2.05, 4.69) is 35.4 Å². The van der Waals surface area contributed by atoms with Crippen LogP contribution < -0.4 is 10.1 Å². The Labute approximate surface area is 199 Å². The van der Waals surface area contributed by atoms with Gasteiger partial charge in [-0.3, -0.25) is 10.1 Å². The zero-order valence-corrected chi connectivity index (χ0v) is 20.4. The summed E-state index contributed by atoms with van der Waals surface area (Å²) in [5.41, 5.74) is -0.0786. The van der Waals surface area contributed by atoms with Crippen LogP contribution in [0.3, 0.4) is 0 Å². The van der Waals surface area contributed by atoms with Gasteiger partial charge in [-0.15, -0.1) is 0 Å². The van der Waals surface area contributed by atoms with Crippen molar-refractivity contribution < 1.29 is 22.6 Å². The Morgan fingerprint density at radius 3 is 2.72 bits per heavy atom. The number of nitro groups is 1. The first-order valence-electron chi connectivity index (χ1n) is 9.14. The molecule has 1 unspecified atom stereocenters. The van der Waals surface area contributed by atoms with Crippen molar-refractivity contribution in [3.8, 4) is 5.75 Å². The maximum Gasteiger partial charge on any atom is 0.387 e. The minimum Gasteiger partial charge on any atom is -0.434 e. The molecular formula is C19H20BrClF2N4O4S. The molecule has 0 aliphatic heterocycles. The number of ether oxygens (including phenoxy) is 1. The molecule has 0 saturated carbocycles. The maximum atomic E-state index is 13.0. The van der Waals surface area contributed by atoms with Crippen LogP contribution in [0.4, 0.5) is 20.2 Å². The fourth-order valence-electron chi connectivity index (χ4n) is 2.55. The van der Waals surface area contributed by atoms with E-state index in [-0.39, 0.29) is 34.3 Å². The fraction of sp³-hybridized carbons (Fsp3) is 0.368. The Morgan fingerprint density at radius 2 is 2.12 bits per heavy atom. The van der Waals surface area contributed by atoms with Crippen LogP contribution in [0.5, 0.6) is 5.75 Å². The molecule has 0 saturated heterocycles. The summed E-state index contributed by atoms with van der Waals surface area (Å²) in [7, 11) is -1.55. The number of benzene rings is 1. The first-order valence-corrected chi connectivity index (χ1v) is 11.4. The summed E-state index contributed by atoms with van der Waals surface area (Å²) in [5, 5.41) is 14.4. The molecule has 0 fully saturated rings. The van der Waals surface area contributed by atoms with E-state index >= 15 is 0 Å². The number of rotatable bonds is 9. The zero-order chi connectivity index (χ0) is 24.1. The standard InChI is InChI=1S/C19H20BrClF2N4O4S/c1-19(2,3)32(30)25-8-7-12(17-11(20)5-4-6-15(17)31-18(22)23)26-13-9-16(21)24-10-14(13)27(28)29/h4-6,8-10,12,18H,7H2,1-3H3,(H,24,26)/t12-,32?/m1/s1. The van der Waals surface area contributed by atoms with E-state index in [1.165, 1.54) is 24.4 Å². The Hall–Kier alpha value is -2.18. The Kier molecular flexibility index (Phi) is 9.05. The topological polar surface area (TPSA) is 107 Å². The molecule has 0 radical (unpaired) electrons. The number of anilines is 1. The summed E-state index contributed by atoms with van der Waals surface area (Å²) in [4.78, 5) is 14.5. The minimum absolute atomic E-state index is 0.00413. The van der Waals surface area contributed by atoms with Crippen LogP contribution in [0.1, 0.15) is 38.8 Å². The highest BCUT2D eigenvalue weighted by Crippen LogP contribution is 2.38. The average Bonchev–Trinajstić information content (AvgIpc) is 2.66. The van der Waals surface area contributed by atoms with E-state index in [0.29, 0.717) is 4.47 Å². The summed E-state index contributed by atoms with van der Waals surface area (Å²) in [6.07, 6.45) is 2.40. The highest BCUT2D eigenvalue weighted by Gasteiger charge is 2.25. The molecule has 1 N–H and O–H groups in total. The molecule has 32 heavy (non-hydrogen) atoms. The molecule has 13 heteroatoms.